The van der Waals surface area contributed by atoms with Gasteiger partial charge in [0.1, 0.15) is 5.01 Å². The second-order valence-electron chi connectivity index (χ2n) is 6.18. The standard InChI is InChI=1S/C21H14N4OS/c26-20-17(9-15-10-22-12-23-15)16-8-14(6-7-18(16)24-20)19-11-27-21(25-19)13-4-2-1-3-5-13/h1-12H,(H,22,23)(H,24,26)/b17-9-. The van der Waals surface area contributed by atoms with Gasteiger partial charge in [-0.25, -0.2) is 9.97 Å². The van der Waals surface area contributed by atoms with E-state index in [0.29, 0.717) is 5.57 Å². The number of carbonyl (C=O) groups is 1. The van der Waals surface area contributed by atoms with Gasteiger partial charge in [0.15, 0.2) is 0 Å². The first-order valence-electron chi connectivity index (χ1n) is 8.45. The molecule has 0 spiro atoms. The van der Waals surface area contributed by atoms with Crippen LogP contribution in [0.15, 0.2) is 66.4 Å². The number of thiazole rings is 1. The number of aromatic amines is 1. The molecule has 5 nitrogen and oxygen atoms in total. The first-order chi connectivity index (χ1) is 13.3. The normalized spacial score (nSPS) is 14.4. The van der Waals surface area contributed by atoms with Crippen LogP contribution in [-0.2, 0) is 4.79 Å². The number of amides is 1. The average Bonchev–Trinajstić information content (AvgIpc) is 3.44. The maximum absolute atomic E-state index is 12.4. The molecule has 4 aromatic rings. The van der Waals surface area contributed by atoms with E-state index in [-0.39, 0.29) is 5.91 Å². The summed E-state index contributed by atoms with van der Waals surface area (Å²) in [6.07, 6.45) is 5.10. The van der Waals surface area contributed by atoms with Gasteiger partial charge in [-0.15, -0.1) is 11.3 Å². The van der Waals surface area contributed by atoms with Crippen LogP contribution in [0.1, 0.15) is 11.3 Å². The van der Waals surface area contributed by atoms with Gasteiger partial charge in [0.25, 0.3) is 5.91 Å². The van der Waals surface area contributed by atoms with Gasteiger partial charge in [-0.1, -0.05) is 36.4 Å². The summed E-state index contributed by atoms with van der Waals surface area (Å²) in [6.45, 7) is 0. The zero-order valence-corrected chi connectivity index (χ0v) is 15.0. The Morgan fingerprint density at radius 1 is 1.04 bits per heavy atom. The summed E-state index contributed by atoms with van der Waals surface area (Å²) in [6, 6.07) is 16.1. The van der Waals surface area contributed by atoms with Crippen LogP contribution < -0.4 is 5.32 Å². The highest BCUT2D eigenvalue weighted by Crippen LogP contribution is 2.37. The molecule has 0 fully saturated rings. The third-order valence-corrected chi connectivity index (χ3v) is 5.33. The van der Waals surface area contributed by atoms with Crippen LogP contribution in [0.5, 0.6) is 0 Å². The number of fused-ring (bicyclic) bond motifs is 1. The van der Waals surface area contributed by atoms with Crippen LogP contribution in [0.2, 0.25) is 0 Å². The van der Waals surface area contributed by atoms with E-state index in [1.54, 1.807) is 23.9 Å². The molecule has 0 saturated heterocycles. The molecule has 1 amide bonds. The van der Waals surface area contributed by atoms with Crippen molar-refractivity contribution in [2.45, 2.75) is 0 Å². The molecule has 2 aromatic carbocycles. The third kappa shape index (κ3) is 2.86. The number of hydrogen-bond donors (Lipinski definition) is 2. The van der Waals surface area contributed by atoms with Crippen molar-refractivity contribution in [2.75, 3.05) is 5.32 Å². The highest BCUT2D eigenvalue weighted by molar-refractivity contribution is 7.13. The molecule has 0 aliphatic carbocycles. The van der Waals surface area contributed by atoms with Crippen LogP contribution in [0.3, 0.4) is 0 Å². The summed E-state index contributed by atoms with van der Waals surface area (Å²) >= 11 is 1.61. The summed E-state index contributed by atoms with van der Waals surface area (Å²) in [7, 11) is 0. The number of anilines is 1. The Labute approximate surface area is 159 Å². The van der Waals surface area contributed by atoms with Crippen molar-refractivity contribution in [2.24, 2.45) is 0 Å². The van der Waals surface area contributed by atoms with Crippen molar-refractivity contribution < 1.29 is 4.79 Å². The lowest BCUT2D eigenvalue weighted by Crippen LogP contribution is -2.03. The number of nitrogens with zero attached hydrogens (tertiary/aromatic N) is 2. The Morgan fingerprint density at radius 3 is 2.74 bits per heavy atom. The summed E-state index contributed by atoms with van der Waals surface area (Å²) in [4.78, 5) is 24.1. The van der Waals surface area contributed by atoms with Gasteiger partial charge in [-0.05, 0) is 18.2 Å². The minimum atomic E-state index is -0.111. The second kappa shape index (κ2) is 6.34. The second-order valence-corrected chi connectivity index (χ2v) is 7.04. The smallest absolute Gasteiger partial charge is 0.256 e. The summed E-state index contributed by atoms with van der Waals surface area (Å²) in [5.74, 6) is -0.111. The molecule has 0 saturated carbocycles. The number of hydrogen-bond acceptors (Lipinski definition) is 4. The van der Waals surface area contributed by atoms with Crippen LogP contribution in [0.4, 0.5) is 5.69 Å². The fourth-order valence-corrected chi connectivity index (χ4v) is 3.95. The molecule has 0 atom stereocenters. The molecular weight excluding hydrogens is 356 g/mol. The Morgan fingerprint density at radius 2 is 1.93 bits per heavy atom. The lowest BCUT2D eigenvalue weighted by molar-refractivity contribution is -0.110. The van der Waals surface area contributed by atoms with Crippen molar-refractivity contribution in [3.05, 3.63) is 77.7 Å². The average molecular weight is 370 g/mol. The lowest BCUT2D eigenvalue weighted by atomic mass is 10.0. The first kappa shape index (κ1) is 15.7. The fourth-order valence-electron chi connectivity index (χ4n) is 3.11. The maximum Gasteiger partial charge on any atom is 0.256 e. The monoisotopic (exact) mass is 370 g/mol. The Hall–Kier alpha value is -3.51. The van der Waals surface area contributed by atoms with Gasteiger partial charge in [-0.2, -0.15) is 0 Å². The number of aromatic nitrogens is 3. The molecule has 6 heteroatoms. The molecule has 2 N–H and O–H groups in total. The molecule has 1 aliphatic heterocycles. The number of imidazole rings is 1. The minimum absolute atomic E-state index is 0.111. The van der Waals surface area contributed by atoms with E-state index < -0.39 is 0 Å². The molecule has 3 heterocycles. The predicted octanol–water partition coefficient (Wildman–Crippen LogP) is 4.69. The number of benzene rings is 2. The topological polar surface area (TPSA) is 70.7 Å². The zero-order chi connectivity index (χ0) is 18.2. The third-order valence-electron chi connectivity index (χ3n) is 4.44. The molecule has 1 aliphatic rings. The highest BCUT2D eigenvalue weighted by atomic mass is 32.1. The van der Waals surface area contributed by atoms with Crippen LogP contribution >= 0.6 is 11.3 Å². The van der Waals surface area contributed by atoms with Gasteiger partial charge < -0.3 is 10.3 Å². The quantitative estimate of drug-likeness (QED) is 0.514. The van der Waals surface area contributed by atoms with Crippen molar-refractivity contribution in [1.82, 2.24) is 15.0 Å². The summed E-state index contributed by atoms with van der Waals surface area (Å²) < 4.78 is 0. The van der Waals surface area contributed by atoms with E-state index in [2.05, 4.69) is 27.4 Å². The van der Waals surface area contributed by atoms with Crippen LogP contribution in [0, 0.1) is 0 Å². The molecule has 0 radical (unpaired) electrons. The number of rotatable bonds is 3. The fraction of sp³-hybridized carbons (Fsp3) is 0. The van der Waals surface area contributed by atoms with Gasteiger partial charge in [0.2, 0.25) is 0 Å². The largest absolute Gasteiger partial charge is 0.345 e. The number of H-pyrrole nitrogens is 1. The van der Waals surface area contributed by atoms with Crippen LogP contribution in [-0.4, -0.2) is 20.9 Å². The van der Waals surface area contributed by atoms with Gasteiger partial charge in [0, 0.05) is 27.8 Å². The summed E-state index contributed by atoms with van der Waals surface area (Å²) in [5.41, 5.74) is 6.09. The molecular formula is C21H14N4OS. The Bertz CT molecular complexity index is 1160. The molecule has 2 aromatic heterocycles. The molecule has 130 valence electrons. The molecule has 27 heavy (non-hydrogen) atoms. The Balaban J connectivity index is 1.54. The van der Waals surface area contributed by atoms with E-state index >= 15 is 0 Å². The first-order valence-corrected chi connectivity index (χ1v) is 9.33. The maximum atomic E-state index is 12.4. The van der Waals surface area contributed by atoms with Gasteiger partial charge in [-0.3, -0.25) is 4.79 Å². The van der Waals surface area contributed by atoms with Gasteiger partial charge in [0.05, 0.1) is 29.5 Å². The number of carbonyl (C=O) groups excluding carboxylic acids is 1. The molecule has 0 unspecified atom stereocenters. The van der Waals surface area contributed by atoms with E-state index in [1.165, 1.54) is 0 Å². The number of nitrogens with one attached hydrogen (secondary N) is 2. The highest BCUT2D eigenvalue weighted by Gasteiger charge is 2.25. The van der Waals surface area contributed by atoms with Crippen molar-refractivity contribution in [1.29, 1.82) is 0 Å². The van der Waals surface area contributed by atoms with E-state index in [1.807, 2.05) is 47.9 Å². The molecule has 0 bridgehead atoms. The van der Waals surface area contributed by atoms with Gasteiger partial charge >= 0.3 is 0 Å². The van der Waals surface area contributed by atoms with Crippen molar-refractivity contribution in [3.63, 3.8) is 0 Å². The molecule has 5 rings (SSSR count). The van der Waals surface area contributed by atoms with Crippen LogP contribution in [0.25, 0.3) is 33.5 Å². The zero-order valence-electron chi connectivity index (χ0n) is 14.1. The lowest BCUT2D eigenvalue weighted by Gasteiger charge is -2.02. The van der Waals surface area contributed by atoms with E-state index in [9.17, 15) is 4.79 Å². The summed E-state index contributed by atoms with van der Waals surface area (Å²) in [5, 5.41) is 5.94. The van der Waals surface area contributed by atoms with E-state index in [0.717, 1.165) is 38.8 Å². The van der Waals surface area contributed by atoms with E-state index in [4.69, 9.17) is 4.98 Å². The Kier molecular flexibility index (Phi) is 3.69. The predicted molar refractivity (Wildman–Crippen MR) is 108 cm³/mol. The van der Waals surface area contributed by atoms with Crippen molar-refractivity contribution in [3.8, 4) is 21.8 Å². The van der Waals surface area contributed by atoms with Crippen molar-refractivity contribution >= 4 is 34.6 Å². The minimum Gasteiger partial charge on any atom is -0.345 e. The SMILES string of the molecule is O=C1Nc2ccc(-c3csc(-c4ccccc4)n3)cc2/C1=C/c1cnc[nH]1.